The summed E-state index contributed by atoms with van der Waals surface area (Å²) in [5.74, 6) is -1.33. The molecule has 4 rings (SSSR count). The van der Waals surface area contributed by atoms with Crippen LogP contribution in [0.3, 0.4) is 0 Å². The Bertz CT molecular complexity index is 1760. The molecular weight excluding hydrogens is 572 g/mol. The third-order valence-corrected chi connectivity index (χ3v) is 6.60. The zero-order valence-electron chi connectivity index (χ0n) is 25.1. The van der Waals surface area contributed by atoms with Gasteiger partial charge in [-0.3, -0.25) is 10.1 Å². The molecule has 228 valence electrons. The van der Waals surface area contributed by atoms with Crippen molar-refractivity contribution in [1.29, 1.82) is 0 Å². The van der Waals surface area contributed by atoms with Gasteiger partial charge in [-0.05, 0) is 68.3 Å². The summed E-state index contributed by atoms with van der Waals surface area (Å²) in [6.07, 6.45) is 6.63. The molecule has 0 aliphatic heterocycles. The zero-order valence-corrected chi connectivity index (χ0v) is 25.1. The Hall–Kier alpha value is -5.90. The number of nitro benzene ring substituents is 1. The van der Waals surface area contributed by atoms with Gasteiger partial charge in [0.1, 0.15) is 11.4 Å². The highest BCUT2D eigenvalue weighted by atomic mass is 16.6. The van der Waals surface area contributed by atoms with Crippen LogP contribution in [-0.4, -0.2) is 30.0 Å². The van der Waals surface area contributed by atoms with E-state index >= 15 is 0 Å². The van der Waals surface area contributed by atoms with Crippen molar-refractivity contribution >= 4 is 46.8 Å². The average molecular weight is 605 g/mol. The van der Waals surface area contributed by atoms with Crippen LogP contribution in [0.2, 0.25) is 0 Å². The van der Waals surface area contributed by atoms with Gasteiger partial charge >= 0.3 is 11.9 Å². The zero-order chi connectivity index (χ0) is 32.2. The third-order valence-electron chi connectivity index (χ3n) is 6.60. The largest absolute Gasteiger partial charge is 0.421 e. The molecule has 0 unspecified atom stereocenters. The Labute approximate surface area is 261 Å². The molecule has 0 amide bonds. The molecule has 0 fully saturated rings. The first-order valence-electron chi connectivity index (χ1n) is 14.3. The van der Waals surface area contributed by atoms with Gasteiger partial charge in [0, 0.05) is 37.0 Å². The van der Waals surface area contributed by atoms with Gasteiger partial charge in [-0.15, -0.1) is 10.2 Å². The second-order valence-electron chi connectivity index (χ2n) is 9.61. The lowest BCUT2D eigenvalue weighted by Crippen LogP contribution is -2.21. The molecule has 0 N–H and O–H groups in total. The summed E-state index contributed by atoms with van der Waals surface area (Å²) in [6.45, 7) is 7.34. The van der Waals surface area contributed by atoms with Gasteiger partial charge in [-0.25, -0.2) is 9.59 Å². The number of anilines is 1. The van der Waals surface area contributed by atoms with Gasteiger partial charge in [0.25, 0.3) is 5.69 Å². The molecular formula is C35H32N4O6. The number of rotatable bonds is 12. The second kappa shape index (κ2) is 15.5. The molecule has 10 heteroatoms. The van der Waals surface area contributed by atoms with Crippen LogP contribution in [-0.2, 0) is 4.79 Å². The van der Waals surface area contributed by atoms with E-state index in [1.54, 1.807) is 36.4 Å². The van der Waals surface area contributed by atoms with Gasteiger partial charge in [-0.1, -0.05) is 54.6 Å². The van der Waals surface area contributed by atoms with Crippen LogP contribution >= 0.6 is 0 Å². The van der Waals surface area contributed by atoms with Crippen molar-refractivity contribution in [2.24, 2.45) is 10.2 Å². The van der Waals surface area contributed by atoms with Crippen LogP contribution < -0.4 is 14.4 Å². The van der Waals surface area contributed by atoms with Crippen molar-refractivity contribution in [3.63, 3.8) is 0 Å². The summed E-state index contributed by atoms with van der Waals surface area (Å²) >= 11 is 0. The topological polar surface area (TPSA) is 124 Å². The number of benzene rings is 4. The Kier molecular flexibility index (Phi) is 11.1. The number of non-ortho nitro benzene ring substituents is 1. The fourth-order valence-corrected chi connectivity index (χ4v) is 4.33. The minimum atomic E-state index is -0.721. The van der Waals surface area contributed by atoms with Gasteiger partial charge in [0.2, 0.25) is 0 Å². The first kappa shape index (κ1) is 32.0. The molecule has 4 aromatic carbocycles. The molecule has 0 atom stereocenters. The molecule has 0 saturated carbocycles. The molecule has 10 nitrogen and oxygen atoms in total. The number of allylic oxidation sites excluding steroid dienone is 1. The fraction of sp³-hybridized carbons (Fsp3) is 0.143. The van der Waals surface area contributed by atoms with E-state index in [4.69, 9.17) is 9.47 Å². The van der Waals surface area contributed by atoms with E-state index in [0.717, 1.165) is 36.0 Å². The van der Waals surface area contributed by atoms with E-state index in [-0.39, 0.29) is 34.1 Å². The smallest absolute Gasteiger partial charge is 0.343 e. The number of esters is 2. The number of nitrogens with zero attached hydrogens (tertiary/aromatic N) is 4. The molecule has 0 aromatic heterocycles. The van der Waals surface area contributed by atoms with Crippen molar-refractivity contribution in [1.82, 2.24) is 0 Å². The van der Waals surface area contributed by atoms with Crippen molar-refractivity contribution in [2.75, 3.05) is 18.0 Å². The molecule has 0 saturated heterocycles. The van der Waals surface area contributed by atoms with Gasteiger partial charge in [-0.2, -0.15) is 0 Å². The third kappa shape index (κ3) is 8.80. The van der Waals surface area contributed by atoms with Gasteiger partial charge < -0.3 is 14.4 Å². The van der Waals surface area contributed by atoms with Crippen LogP contribution in [0.4, 0.5) is 22.7 Å². The highest BCUT2D eigenvalue weighted by molar-refractivity contribution is 5.92. The predicted octanol–water partition coefficient (Wildman–Crippen LogP) is 8.73. The Morgan fingerprint density at radius 1 is 0.800 bits per heavy atom. The van der Waals surface area contributed by atoms with Crippen molar-refractivity contribution < 1.29 is 24.0 Å². The molecule has 0 aliphatic carbocycles. The van der Waals surface area contributed by atoms with Gasteiger partial charge in [0.05, 0.1) is 16.6 Å². The van der Waals surface area contributed by atoms with Crippen LogP contribution in [0, 0.1) is 10.1 Å². The first-order valence-corrected chi connectivity index (χ1v) is 14.3. The summed E-state index contributed by atoms with van der Waals surface area (Å²) in [4.78, 5) is 38.8. The second-order valence-corrected chi connectivity index (χ2v) is 9.61. The average Bonchev–Trinajstić information content (AvgIpc) is 3.05. The quantitative estimate of drug-likeness (QED) is 0.0395. The van der Waals surface area contributed by atoms with E-state index in [1.807, 2.05) is 75.4 Å². The molecule has 0 heterocycles. The summed E-state index contributed by atoms with van der Waals surface area (Å²) in [7, 11) is 0. The minimum Gasteiger partial charge on any atom is -0.421 e. The highest BCUT2D eigenvalue weighted by Gasteiger charge is 2.18. The Balaban J connectivity index is 1.67. The number of azo groups is 1. The molecule has 0 aliphatic rings. The van der Waals surface area contributed by atoms with E-state index < -0.39 is 16.9 Å². The van der Waals surface area contributed by atoms with Crippen LogP contribution in [0.15, 0.2) is 113 Å². The molecule has 0 spiro atoms. The van der Waals surface area contributed by atoms with E-state index in [1.165, 1.54) is 18.2 Å². The lowest BCUT2D eigenvalue weighted by atomic mass is 10.1. The monoisotopic (exact) mass is 604 g/mol. The normalized spacial score (nSPS) is 11.3. The number of nitro groups is 1. The Morgan fingerprint density at radius 3 is 2.13 bits per heavy atom. The predicted molar refractivity (Wildman–Crippen MR) is 174 cm³/mol. The number of carbonyl (C=O) groups excluding carboxylic acids is 2. The number of hydrogen-bond acceptors (Lipinski definition) is 9. The molecule has 4 aromatic rings. The van der Waals surface area contributed by atoms with Crippen molar-refractivity contribution in [3.05, 3.63) is 130 Å². The maximum absolute atomic E-state index is 13.0. The molecule has 0 bridgehead atoms. The molecule has 45 heavy (non-hydrogen) atoms. The van der Waals surface area contributed by atoms with E-state index in [9.17, 15) is 19.7 Å². The highest BCUT2D eigenvalue weighted by Crippen LogP contribution is 2.37. The van der Waals surface area contributed by atoms with Gasteiger partial charge in [0.15, 0.2) is 11.5 Å². The van der Waals surface area contributed by atoms with E-state index in [0.29, 0.717) is 0 Å². The number of hydrogen-bond donors (Lipinski definition) is 0. The minimum absolute atomic E-state index is 0.0626. The Morgan fingerprint density at radius 2 is 1.47 bits per heavy atom. The SMILES string of the molecule is C/C=C/c1cccc(C(=O)Oc2cc([N+](=O)[O-])ccc2N=Nc2ccc(N(CC)CC)cc2OC(=O)/C=C/c2ccccc2)c1. The summed E-state index contributed by atoms with van der Waals surface area (Å²) in [6, 6.07) is 24.9. The summed E-state index contributed by atoms with van der Waals surface area (Å²) in [5.41, 5.74) is 2.70. The number of carbonyl (C=O) groups is 2. The summed E-state index contributed by atoms with van der Waals surface area (Å²) < 4.78 is 11.3. The lowest BCUT2D eigenvalue weighted by Gasteiger charge is -2.21. The van der Waals surface area contributed by atoms with E-state index in [2.05, 4.69) is 15.1 Å². The fourth-order valence-electron chi connectivity index (χ4n) is 4.33. The maximum atomic E-state index is 13.0. The summed E-state index contributed by atoms with van der Waals surface area (Å²) in [5, 5.41) is 20.0. The van der Waals surface area contributed by atoms with Crippen LogP contribution in [0.5, 0.6) is 11.5 Å². The first-order chi connectivity index (χ1) is 21.8. The van der Waals surface area contributed by atoms with Crippen LogP contribution in [0.25, 0.3) is 12.2 Å². The standard InChI is InChI=1S/C35H32N4O6/c1-4-11-26-14-10-15-27(22-26)35(41)45-33-24-29(39(42)43)18-20-31(33)37-36-30-19-17-28(38(5-2)6-3)23-32(30)44-34(40)21-16-25-12-8-7-9-13-25/h4,7-24H,5-6H2,1-3H3/b11-4+,21-16+,37-36?. The van der Waals surface area contributed by atoms with Crippen molar-refractivity contribution in [3.8, 4) is 11.5 Å². The van der Waals surface area contributed by atoms with Crippen LogP contribution in [0.1, 0.15) is 42.3 Å². The lowest BCUT2D eigenvalue weighted by molar-refractivity contribution is -0.384. The molecule has 0 radical (unpaired) electrons. The maximum Gasteiger partial charge on any atom is 0.343 e. The number of ether oxygens (including phenoxy) is 2. The van der Waals surface area contributed by atoms with Crippen molar-refractivity contribution in [2.45, 2.75) is 20.8 Å².